The Morgan fingerprint density at radius 3 is 2.40 bits per heavy atom. The van der Waals surface area contributed by atoms with Crippen LogP contribution in [0.4, 0.5) is 4.79 Å². The number of methoxy groups -OCH3 is 2. The maximum Gasteiger partial charge on any atom is 0.410 e. The first kappa shape index (κ1) is 10.3. The Morgan fingerprint density at radius 2 is 1.93 bits per heavy atom. The second-order valence-electron chi connectivity index (χ2n) is 4.18. The Morgan fingerprint density at radius 1 is 1.33 bits per heavy atom. The van der Waals surface area contributed by atoms with Crippen molar-refractivity contribution >= 4 is 6.09 Å². The third-order valence-electron chi connectivity index (χ3n) is 3.29. The molecule has 4 nitrogen and oxygen atoms in total. The molecule has 0 saturated carbocycles. The van der Waals surface area contributed by atoms with Crippen LogP contribution in [0.15, 0.2) is 11.8 Å². The molecule has 84 valence electrons. The van der Waals surface area contributed by atoms with Crippen molar-refractivity contribution in [2.45, 2.75) is 37.8 Å². The number of fused-ring (bicyclic) bond motifs is 2. The van der Waals surface area contributed by atoms with Gasteiger partial charge in [-0.3, -0.25) is 0 Å². The van der Waals surface area contributed by atoms with Gasteiger partial charge in [0.1, 0.15) is 0 Å². The van der Waals surface area contributed by atoms with Gasteiger partial charge in [0, 0.05) is 12.1 Å². The molecule has 2 fully saturated rings. The highest BCUT2D eigenvalue weighted by Crippen LogP contribution is 2.38. The topological polar surface area (TPSA) is 38.8 Å². The van der Waals surface area contributed by atoms with Crippen LogP contribution in [0, 0.1) is 0 Å². The van der Waals surface area contributed by atoms with Crippen LogP contribution < -0.4 is 0 Å². The Balaban J connectivity index is 2.10. The molecule has 2 bridgehead atoms. The van der Waals surface area contributed by atoms with Crippen molar-refractivity contribution in [3.63, 3.8) is 0 Å². The summed E-state index contributed by atoms with van der Waals surface area (Å²) in [5, 5.41) is 0. The molecule has 15 heavy (non-hydrogen) atoms. The summed E-state index contributed by atoms with van der Waals surface area (Å²) >= 11 is 0. The minimum atomic E-state index is -0.182. The van der Waals surface area contributed by atoms with Crippen molar-refractivity contribution in [1.29, 1.82) is 0 Å². The highest BCUT2D eigenvalue weighted by atomic mass is 16.5. The highest BCUT2D eigenvalue weighted by Gasteiger charge is 2.41. The first-order valence-electron chi connectivity index (χ1n) is 5.33. The third kappa shape index (κ3) is 1.80. The van der Waals surface area contributed by atoms with Crippen LogP contribution in [0.3, 0.4) is 0 Å². The van der Waals surface area contributed by atoms with Gasteiger partial charge in [-0.05, 0) is 31.3 Å². The lowest BCUT2D eigenvalue weighted by Crippen LogP contribution is -2.44. The summed E-state index contributed by atoms with van der Waals surface area (Å²) in [4.78, 5) is 13.4. The number of carbonyl (C=O) groups excluding carboxylic acids is 1. The van der Waals surface area contributed by atoms with Crippen LogP contribution in [0.5, 0.6) is 0 Å². The summed E-state index contributed by atoms with van der Waals surface area (Å²) in [6, 6.07) is 0.634. The number of ether oxygens (including phenoxy) is 2. The molecule has 2 rings (SSSR count). The second-order valence-corrected chi connectivity index (χ2v) is 4.18. The Labute approximate surface area is 89.8 Å². The molecule has 0 N–H and O–H groups in total. The summed E-state index contributed by atoms with van der Waals surface area (Å²) in [6.07, 6.45) is 5.67. The lowest BCUT2D eigenvalue weighted by molar-refractivity contribution is 0.0941. The van der Waals surface area contributed by atoms with E-state index in [-0.39, 0.29) is 6.09 Å². The van der Waals surface area contributed by atoms with Gasteiger partial charge in [0.25, 0.3) is 0 Å². The van der Waals surface area contributed by atoms with Crippen molar-refractivity contribution in [2.75, 3.05) is 14.2 Å². The molecule has 2 heterocycles. The zero-order chi connectivity index (χ0) is 10.8. The van der Waals surface area contributed by atoms with Gasteiger partial charge in [-0.15, -0.1) is 0 Å². The second kappa shape index (κ2) is 4.13. The van der Waals surface area contributed by atoms with Crippen LogP contribution in [0.2, 0.25) is 0 Å². The van der Waals surface area contributed by atoms with Gasteiger partial charge in [-0.2, -0.15) is 0 Å². The number of carbonyl (C=O) groups is 1. The molecule has 2 aliphatic rings. The summed E-state index contributed by atoms with van der Waals surface area (Å²) in [5.74, 6) is 0. The predicted octanol–water partition coefficient (Wildman–Crippen LogP) is 1.91. The molecule has 2 aliphatic heterocycles. The van der Waals surface area contributed by atoms with E-state index in [4.69, 9.17) is 9.47 Å². The van der Waals surface area contributed by atoms with Crippen molar-refractivity contribution in [1.82, 2.24) is 4.90 Å². The molecular weight excluding hydrogens is 194 g/mol. The minimum Gasteiger partial charge on any atom is -0.504 e. The lowest BCUT2D eigenvalue weighted by Gasteiger charge is -2.34. The molecule has 0 aliphatic carbocycles. The van der Waals surface area contributed by atoms with Gasteiger partial charge in [-0.1, -0.05) is 0 Å². The molecule has 1 amide bonds. The first-order chi connectivity index (χ1) is 7.26. The summed E-state index contributed by atoms with van der Waals surface area (Å²) in [5.41, 5.74) is 1.31. The van der Waals surface area contributed by atoms with Crippen LogP contribution in [-0.2, 0) is 9.47 Å². The van der Waals surface area contributed by atoms with E-state index in [1.807, 2.05) is 11.2 Å². The van der Waals surface area contributed by atoms with E-state index in [2.05, 4.69) is 0 Å². The highest BCUT2D eigenvalue weighted by molar-refractivity contribution is 5.69. The number of hydrogen-bond acceptors (Lipinski definition) is 3. The molecule has 0 radical (unpaired) electrons. The van der Waals surface area contributed by atoms with Crippen LogP contribution in [0.25, 0.3) is 0 Å². The number of amides is 1. The average Bonchev–Trinajstić information content (AvgIpc) is 2.50. The van der Waals surface area contributed by atoms with Crippen LogP contribution in [0.1, 0.15) is 25.7 Å². The maximum absolute atomic E-state index is 11.5. The fourth-order valence-electron chi connectivity index (χ4n) is 2.72. The van der Waals surface area contributed by atoms with Gasteiger partial charge >= 0.3 is 6.09 Å². The van der Waals surface area contributed by atoms with Gasteiger partial charge in [0.2, 0.25) is 0 Å². The molecular formula is C11H17NO3. The molecule has 2 atom stereocenters. The summed E-state index contributed by atoms with van der Waals surface area (Å²) in [6.45, 7) is 0. The lowest BCUT2D eigenvalue weighted by atomic mass is 9.98. The van der Waals surface area contributed by atoms with Crippen LogP contribution >= 0.6 is 0 Å². The zero-order valence-corrected chi connectivity index (χ0v) is 9.23. The molecule has 0 aromatic rings. The smallest absolute Gasteiger partial charge is 0.410 e. The predicted molar refractivity (Wildman–Crippen MR) is 55.4 cm³/mol. The van der Waals surface area contributed by atoms with E-state index in [0.717, 1.165) is 25.7 Å². The SMILES string of the molecule is COC=C1C[C@H]2CC[C@@H](C1)N2C(=O)OC. The van der Waals surface area contributed by atoms with E-state index >= 15 is 0 Å². The summed E-state index contributed by atoms with van der Waals surface area (Å²) in [7, 11) is 3.11. The van der Waals surface area contributed by atoms with Gasteiger partial charge in [-0.25, -0.2) is 4.79 Å². The molecule has 0 aromatic carbocycles. The van der Waals surface area contributed by atoms with E-state index < -0.39 is 0 Å². The maximum atomic E-state index is 11.5. The first-order valence-corrected chi connectivity index (χ1v) is 5.33. The molecule has 2 saturated heterocycles. The van der Waals surface area contributed by atoms with Crippen LogP contribution in [-0.4, -0.2) is 37.3 Å². The molecule has 0 aromatic heterocycles. The Hall–Kier alpha value is -1.19. The number of piperidine rings is 1. The van der Waals surface area contributed by atoms with Crippen molar-refractivity contribution in [2.24, 2.45) is 0 Å². The number of hydrogen-bond donors (Lipinski definition) is 0. The Bertz CT molecular complexity index is 272. The van der Waals surface area contributed by atoms with E-state index in [9.17, 15) is 4.79 Å². The summed E-state index contributed by atoms with van der Waals surface area (Å²) < 4.78 is 9.83. The van der Waals surface area contributed by atoms with Gasteiger partial charge in [0.15, 0.2) is 0 Å². The van der Waals surface area contributed by atoms with Crippen molar-refractivity contribution in [3.8, 4) is 0 Å². The molecule has 4 heteroatoms. The van der Waals surface area contributed by atoms with Gasteiger partial charge in [0.05, 0.1) is 20.5 Å². The zero-order valence-electron chi connectivity index (χ0n) is 9.23. The third-order valence-corrected chi connectivity index (χ3v) is 3.29. The largest absolute Gasteiger partial charge is 0.504 e. The van der Waals surface area contributed by atoms with Gasteiger partial charge < -0.3 is 14.4 Å². The normalized spacial score (nSPS) is 31.9. The number of nitrogens with zero attached hydrogens (tertiary/aromatic N) is 1. The quantitative estimate of drug-likeness (QED) is 0.622. The minimum absolute atomic E-state index is 0.182. The van der Waals surface area contributed by atoms with E-state index in [1.54, 1.807) is 7.11 Å². The Kier molecular flexibility index (Phi) is 2.84. The fraction of sp³-hybridized carbons (Fsp3) is 0.727. The van der Waals surface area contributed by atoms with Crippen molar-refractivity contribution in [3.05, 3.63) is 11.8 Å². The standard InChI is InChI=1S/C11H17NO3/c1-14-7-8-5-9-3-4-10(6-8)12(9)11(13)15-2/h7,9-10H,3-6H2,1-2H3/t9-,10+. The van der Waals surface area contributed by atoms with Crippen molar-refractivity contribution < 1.29 is 14.3 Å². The molecule has 0 unspecified atom stereocenters. The monoisotopic (exact) mass is 211 g/mol. The number of rotatable bonds is 1. The van der Waals surface area contributed by atoms with E-state index in [0.29, 0.717) is 12.1 Å². The fourth-order valence-corrected chi connectivity index (χ4v) is 2.72. The average molecular weight is 211 g/mol. The van der Waals surface area contributed by atoms with E-state index in [1.165, 1.54) is 12.7 Å². The molecule has 0 spiro atoms.